The van der Waals surface area contributed by atoms with Crippen molar-refractivity contribution in [3.05, 3.63) is 36.2 Å². The minimum Gasteiger partial charge on any atom is -0.348 e. The van der Waals surface area contributed by atoms with E-state index < -0.39 is 0 Å². The molecule has 3 heteroatoms. The Morgan fingerprint density at radius 2 is 2.11 bits per heavy atom. The zero-order valence-corrected chi connectivity index (χ0v) is 11.7. The first-order valence-electron chi connectivity index (χ1n) is 6.53. The Morgan fingerprint density at radius 3 is 2.78 bits per heavy atom. The highest BCUT2D eigenvalue weighted by atomic mass is 16.2. The van der Waals surface area contributed by atoms with E-state index in [1.807, 2.05) is 17.0 Å². The molecule has 2 heterocycles. The van der Waals surface area contributed by atoms with Crippen LogP contribution in [0.2, 0.25) is 0 Å². The third-order valence-electron chi connectivity index (χ3n) is 3.35. The maximum absolute atomic E-state index is 12.2. The number of aromatic nitrogens is 1. The second kappa shape index (κ2) is 4.63. The molecule has 0 bridgehead atoms. The molecule has 0 spiro atoms. The summed E-state index contributed by atoms with van der Waals surface area (Å²) in [5.41, 5.74) is 1.27. The van der Waals surface area contributed by atoms with Crippen molar-refractivity contribution < 1.29 is 4.79 Å². The predicted molar refractivity (Wildman–Crippen MR) is 73.2 cm³/mol. The molecule has 0 radical (unpaired) electrons. The van der Waals surface area contributed by atoms with Crippen molar-refractivity contribution in [1.29, 1.82) is 0 Å². The summed E-state index contributed by atoms with van der Waals surface area (Å²) in [6.07, 6.45) is 5.78. The van der Waals surface area contributed by atoms with E-state index in [-0.39, 0.29) is 17.4 Å². The van der Waals surface area contributed by atoms with E-state index in [0.717, 1.165) is 13.1 Å². The average molecular weight is 246 g/mol. The van der Waals surface area contributed by atoms with Crippen molar-refractivity contribution in [2.75, 3.05) is 6.54 Å². The smallest absolute Gasteiger partial charge is 0.246 e. The number of carbonyl (C=O) groups excluding carboxylic acids is 1. The van der Waals surface area contributed by atoms with Crippen molar-refractivity contribution in [2.24, 2.45) is 5.41 Å². The van der Waals surface area contributed by atoms with Crippen LogP contribution in [0.1, 0.15) is 39.4 Å². The van der Waals surface area contributed by atoms with Gasteiger partial charge in [0.2, 0.25) is 5.91 Å². The number of fused-ring (bicyclic) bond motifs is 1. The van der Waals surface area contributed by atoms with Crippen LogP contribution >= 0.6 is 0 Å². The van der Waals surface area contributed by atoms with Crippen LogP contribution in [0.15, 0.2) is 30.5 Å². The van der Waals surface area contributed by atoms with Gasteiger partial charge in [0.15, 0.2) is 0 Å². The van der Waals surface area contributed by atoms with Crippen molar-refractivity contribution in [2.45, 2.75) is 40.3 Å². The van der Waals surface area contributed by atoms with Crippen molar-refractivity contribution in [3.8, 4) is 0 Å². The Hall–Kier alpha value is -1.51. The molecule has 98 valence electrons. The van der Waals surface area contributed by atoms with E-state index in [4.69, 9.17) is 0 Å². The summed E-state index contributed by atoms with van der Waals surface area (Å²) in [5, 5.41) is 0. The number of hydrogen-bond acceptors (Lipinski definition) is 1. The van der Waals surface area contributed by atoms with Gasteiger partial charge in [-0.15, -0.1) is 0 Å². The van der Waals surface area contributed by atoms with Crippen molar-refractivity contribution in [3.63, 3.8) is 0 Å². The number of rotatable bonds is 1. The molecular formula is C15H22N2O. The maximum Gasteiger partial charge on any atom is 0.246 e. The Morgan fingerprint density at radius 1 is 1.39 bits per heavy atom. The number of hydrogen-bond donors (Lipinski definition) is 0. The summed E-state index contributed by atoms with van der Waals surface area (Å²) in [6.45, 7) is 10.1. The molecule has 1 aliphatic heterocycles. The summed E-state index contributed by atoms with van der Waals surface area (Å²) in [6, 6.07) is 4.30. The van der Waals surface area contributed by atoms with Gasteiger partial charge in [-0.25, -0.2) is 0 Å². The van der Waals surface area contributed by atoms with E-state index in [2.05, 4.69) is 44.5 Å². The topological polar surface area (TPSA) is 25.2 Å². The number of nitrogens with zero attached hydrogens (tertiary/aromatic N) is 2. The lowest BCUT2D eigenvalue weighted by Crippen LogP contribution is -2.39. The molecule has 1 aliphatic rings. The van der Waals surface area contributed by atoms with Gasteiger partial charge in [-0.05, 0) is 30.5 Å². The highest BCUT2D eigenvalue weighted by Crippen LogP contribution is 2.25. The minimum absolute atomic E-state index is 0.0505. The lowest BCUT2D eigenvalue weighted by atomic mass is 9.96. The quantitative estimate of drug-likeness (QED) is 0.699. The molecule has 0 saturated heterocycles. The van der Waals surface area contributed by atoms with Gasteiger partial charge in [0.1, 0.15) is 0 Å². The molecule has 0 aliphatic carbocycles. The Labute approximate surface area is 109 Å². The first-order valence-corrected chi connectivity index (χ1v) is 6.53. The van der Waals surface area contributed by atoms with E-state index in [9.17, 15) is 4.79 Å². The third-order valence-corrected chi connectivity index (χ3v) is 3.35. The van der Waals surface area contributed by atoms with Crippen LogP contribution < -0.4 is 0 Å². The van der Waals surface area contributed by atoms with E-state index in [0.29, 0.717) is 0 Å². The monoisotopic (exact) mass is 246 g/mol. The molecular weight excluding hydrogens is 224 g/mol. The van der Waals surface area contributed by atoms with Crippen LogP contribution in [0.25, 0.3) is 0 Å². The SMILES string of the molecule is C[C@H]1c2cccn2CCN1C(=O)/C=C\C(C)(C)C. The molecule has 1 aromatic heterocycles. The fraction of sp³-hybridized carbons (Fsp3) is 0.533. The minimum atomic E-state index is 0.0505. The Bertz CT molecular complexity index is 465. The Balaban J connectivity index is 2.12. The van der Waals surface area contributed by atoms with Crippen LogP contribution in [0.5, 0.6) is 0 Å². The molecule has 1 amide bonds. The first-order chi connectivity index (χ1) is 8.38. The van der Waals surface area contributed by atoms with E-state index in [1.54, 1.807) is 6.08 Å². The third kappa shape index (κ3) is 2.66. The molecule has 18 heavy (non-hydrogen) atoms. The summed E-state index contributed by atoms with van der Waals surface area (Å²) in [7, 11) is 0. The van der Waals surface area contributed by atoms with Crippen LogP contribution in [0, 0.1) is 5.41 Å². The second-order valence-corrected chi connectivity index (χ2v) is 6.03. The predicted octanol–water partition coefficient (Wildman–Crippen LogP) is 2.99. The van der Waals surface area contributed by atoms with Gasteiger partial charge in [0, 0.05) is 25.0 Å². The fourth-order valence-electron chi connectivity index (χ4n) is 2.30. The molecule has 3 nitrogen and oxygen atoms in total. The van der Waals surface area contributed by atoms with Crippen molar-refractivity contribution in [1.82, 2.24) is 9.47 Å². The number of amides is 1. The van der Waals surface area contributed by atoms with Gasteiger partial charge in [0.05, 0.1) is 6.04 Å². The van der Waals surface area contributed by atoms with Gasteiger partial charge in [-0.3, -0.25) is 4.79 Å². The highest BCUT2D eigenvalue weighted by Gasteiger charge is 2.26. The summed E-state index contributed by atoms with van der Waals surface area (Å²) >= 11 is 0. The summed E-state index contributed by atoms with van der Waals surface area (Å²) < 4.78 is 2.22. The molecule has 1 aromatic rings. The zero-order valence-electron chi connectivity index (χ0n) is 11.7. The van der Waals surface area contributed by atoms with E-state index in [1.165, 1.54) is 5.69 Å². The molecule has 1 atom stereocenters. The van der Waals surface area contributed by atoms with Crippen LogP contribution in [-0.2, 0) is 11.3 Å². The largest absolute Gasteiger partial charge is 0.348 e. The highest BCUT2D eigenvalue weighted by molar-refractivity contribution is 5.88. The zero-order chi connectivity index (χ0) is 13.3. The van der Waals surface area contributed by atoms with Crippen LogP contribution in [-0.4, -0.2) is 21.9 Å². The summed E-state index contributed by atoms with van der Waals surface area (Å²) in [4.78, 5) is 14.2. The van der Waals surface area contributed by atoms with Crippen LogP contribution in [0.3, 0.4) is 0 Å². The summed E-state index contributed by atoms with van der Waals surface area (Å²) in [5.74, 6) is 0.116. The fourth-order valence-corrected chi connectivity index (χ4v) is 2.30. The maximum atomic E-state index is 12.2. The van der Waals surface area contributed by atoms with Gasteiger partial charge in [-0.2, -0.15) is 0 Å². The van der Waals surface area contributed by atoms with Gasteiger partial charge < -0.3 is 9.47 Å². The van der Waals surface area contributed by atoms with Crippen molar-refractivity contribution >= 4 is 5.91 Å². The number of carbonyl (C=O) groups is 1. The lowest BCUT2D eigenvalue weighted by Gasteiger charge is -2.34. The molecule has 0 unspecified atom stereocenters. The lowest BCUT2D eigenvalue weighted by molar-refractivity contribution is -0.129. The van der Waals surface area contributed by atoms with Gasteiger partial charge in [-0.1, -0.05) is 26.8 Å². The van der Waals surface area contributed by atoms with Crippen LogP contribution in [0.4, 0.5) is 0 Å². The Kier molecular flexibility index (Phi) is 3.33. The standard InChI is InChI=1S/C15H22N2O/c1-12-13-6-5-9-16(13)10-11-17(12)14(18)7-8-15(2,3)4/h5-9,12H,10-11H2,1-4H3/b8-7-/t12-/m0/s1. The normalized spacial score (nSPS) is 20.2. The first kappa shape index (κ1) is 12.9. The molecule has 0 saturated carbocycles. The molecule has 0 fully saturated rings. The molecule has 0 N–H and O–H groups in total. The molecule has 2 rings (SSSR count). The van der Waals surface area contributed by atoms with Gasteiger partial charge >= 0.3 is 0 Å². The number of allylic oxidation sites excluding steroid dienone is 1. The van der Waals surface area contributed by atoms with E-state index >= 15 is 0 Å². The second-order valence-electron chi connectivity index (χ2n) is 6.03. The van der Waals surface area contributed by atoms with Gasteiger partial charge in [0.25, 0.3) is 0 Å². The average Bonchev–Trinajstić information content (AvgIpc) is 2.74. The molecule has 0 aromatic carbocycles.